The van der Waals surface area contributed by atoms with Crippen molar-refractivity contribution in [1.29, 1.82) is 0 Å². The van der Waals surface area contributed by atoms with Crippen LogP contribution in [0, 0.1) is 0 Å². The summed E-state index contributed by atoms with van der Waals surface area (Å²) in [6, 6.07) is 0. The first-order valence-corrected chi connectivity index (χ1v) is 7.86. The summed E-state index contributed by atoms with van der Waals surface area (Å²) < 4.78 is 21.1. The molecular formula is C15H36N2O5. The first-order chi connectivity index (χ1) is 10.5. The van der Waals surface area contributed by atoms with Crippen molar-refractivity contribution in [2.75, 3.05) is 52.7 Å². The fraction of sp³-hybridized carbons (Fsp3) is 0.933. The lowest BCUT2D eigenvalue weighted by atomic mass is 10.2. The van der Waals surface area contributed by atoms with Gasteiger partial charge in [-0.2, -0.15) is 0 Å². The SMILES string of the molecule is CC(C)(C)OC(=O)NCCCOCCOCCOCCCN.[HH].[HH]. The van der Waals surface area contributed by atoms with E-state index in [1.807, 2.05) is 20.8 Å². The molecule has 0 saturated heterocycles. The maximum atomic E-state index is 11.3. The minimum Gasteiger partial charge on any atom is -0.444 e. The average molecular weight is 324 g/mol. The topological polar surface area (TPSA) is 92.0 Å². The number of ether oxygens (including phenoxy) is 4. The molecule has 0 heterocycles. The fourth-order valence-corrected chi connectivity index (χ4v) is 1.41. The third-order valence-corrected chi connectivity index (χ3v) is 2.37. The molecule has 0 aliphatic carbocycles. The monoisotopic (exact) mass is 324 g/mol. The molecule has 0 rings (SSSR count). The van der Waals surface area contributed by atoms with E-state index in [9.17, 15) is 4.79 Å². The molecule has 0 aromatic rings. The number of alkyl carbamates (subject to hydrolysis) is 1. The maximum Gasteiger partial charge on any atom is 0.407 e. The van der Waals surface area contributed by atoms with Crippen molar-refractivity contribution in [2.45, 2.75) is 39.2 Å². The standard InChI is InChI=1S/C15H32N2O5.2H2/c1-15(2,3)22-14(18)17-7-5-9-20-11-13-21-12-10-19-8-4-6-16;;/h4-13,16H2,1-3H3,(H,17,18);2*1H. The van der Waals surface area contributed by atoms with Crippen molar-refractivity contribution < 1.29 is 26.6 Å². The van der Waals surface area contributed by atoms with E-state index in [1.54, 1.807) is 0 Å². The van der Waals surface area contributed by atoms with Gasteiger partial charge in [-0.15, -0.1) is 0 Å². The van der Waals surface area contributed by atoms with Crippen LogP contribution in [-0.2, 0) is 18.9 Å². The highest BCUT2D eigenvalue weighted by Gasteiger charge is 2.15. The summed E-state index contributed by atoms with van der Waals surface area (Å²) in [7, 11) is 0. The zero-order valence-electron chi connectivity index (χ0n) is 14.2. The predicted octanol–water partition coefficient (Wildman–Crippen LogP) is 1.79. The highest BCUT2D eigenvalue weighted by molar-refractivity contribution is 5.67. The fourth-order valence-electron chi connectivity index (χ4n) is 1.41. The number of nitrogens with two attached hydrogens (primary N) is 1. The summed E-state index contributed by atoms with van der Waals surface area (Å²) >= 11 is 0. The van der Waals surface area contributed by atoms with Gasteiger partial charge in [-0.25, -0.2) is 4.79 Å². The number of amides is 1. The number of hydrogen-bond donors (Lipinski definition) is 2. The minimum absolute atomic E-state index is 0. The Kier molecular flexibility index (Phi) is 13.2. The number of rotatable bonds is 13. The summed E-state index contributed by atoms with van der Waals surface area (Å²) in [5.41, 5.74) is 4.88. The number of carbonyl (C=O) groups is 1. The van der Waals surface area contributed by atoms with Crippen LogP contribution in [0.2, 0.25) is 0 Å². The van der Waals surface area contributed by atoms with Crippen molar-refractivity contribution >= 4 is 6.09 Å². The molecule has 0 bridgehead atoms. The molecule has 0 spiro atoms. The lowest BCUT2D eigenvalue weighted by Gasteiger charge is -2.19. The van der Waals surface area contributed by atoms with Gasteiger partial charge in [-0.3, -0.25) is 0 Å². The Morgan fingerprint density at radius 2 is 1.45 bits per heavy atom. The highest BCUT2D eigenvalue weighted by Crippen LogP contribution is 2.06. The van der Waals surface area contributed by atoms with Gasteiger partial charge in [0.25, 0.3) is 0 Å². The molecule has 136 valence electrons. The van der Waals surface area contributed by atoms with E-state index < -0.39 is 11.7 Å². The van der Waals surface area contributed by atoms with Gasteiger partial charge in [0.15, 0.2) is 0 Å². The van der Waals surface area contributed by atoms with E-state index in [4.69, 9.17) is 24.7 Å². The smallest absolute Gasteiger partial charge is 0.407 e. The Labute approximate surface area is 136 Å². The summed E-state index contributed by atoms with van der Waals surface area (Å²) in [5, 5.41) is 2.68. The van der Waals surface area contributed by atoms with E-state index in [2.05, 4.69) is 5.32 Å². The highest BCUT2D eigenvalue weighted by atomic mass is 16.6. The Morgan fingerprint density at radius 1 is 0.955 bits per heavy atom. The molecule has 0 unspecified atom stereocenters. The molecule has 0 atom stereocenters. The third-order valence-electron chi connectivity index (χ3n) is 2.37. The number of nitrogens with one attached hydrogen (secondary N) is 1. The number of carbonyl (C=O) groups excluding carboxylic acids is 1. The van der Waals surface area contributed by atoms with Crippen LogP contribution in [0.3, 0.4) is 0 Å². The van der Waals surface area contributed by atoms with Crippen LogP contribution in [0.15, 0.2) is 0 Å². The van der Waals surface area contributed by atoms with Gasteiger partial charge in [0.05, 0.1) is 26.4 Å². The van der Waals surface area contributed by atoms with Gasteiger partial charge in [0, 0.05) is 22.6 Å². The average Bonchev–Trinajstić information content (AvgIpc) is 2.42. The molecule has 7 nitrogen and oxygen atoms in total. The quantitative estimate of drug-likeness (QED) is 0.502. The molecule has 3 N–H and O–H groups in total. The van der Waals surface area contributed by atoms with Crippen LogP contribution in [0.5, 0.6) is 0 Å². The molecule has 0 aromatic carbocycles. The Balaban J connectivity index is -0.00000220. The lowest BCUT2D eigenvalue weighted by molar-refractivity contribution is 0.0138. The first-order valence-electron chi connectivity index (χ1n) is 7.86. The summed E-state index contributed by atoms with van der Waals surface area (Å²) in [4.78, 5) is 11.3. The minimum atomic E-state index is -0.466. The summed E-state index contributed by atoms with van der Waals surface area (Å²) in [6.07, 6.45) is 1.22. The van der Waals surface area contributed by atoms with Crippen LogP contribution in [0.1, 0.15) is 36.5 Å². The lowest BCUT2D eigenvalue weighted by Crippen LogP contribution is -2.33. The van der Waals surface area contributed by atoms with E-state index in [-0.39, 0.29) is 2.85 Å². The molecule has 0 fully saturated rings. The maximum absolute atomic E-state index is 11.3. The molecule has 7 heteroatoms. The molecular weight excluding hydrogens is 288 g/mol. The molecule has 0 aromatic heterocycles. The first kappa shape index (κ1) is 21.1. The van der Waals surface area contributed by atoms with Gasteiger partial charge < -0.3 is 30.0 Å². The van der Waals surface area contributed by atoms with Crippen molar-refractivity contribution in [3.63, 3.8) is 0 Å². The van der Waals surface area contributed by atoms with Crippen LogP contribution in [0.4, 0.5) is 4.79 Å². The molecule has 1 amide bonds. The van der Waals surface area contributed by atoms with Crippen molar-refractivity contribution in [2.24, 2.45) is 5.73 Å². The summed E-state index contributed by atoms with van der Waals surface area (Å²) in [5.74, 6) is 0. The van der Waals surface area contributed by atoms with Crippen molar-refractivity contribution in [3.05, 3.63) is 0 Å². The normalized spacial score (nSPS) is 11.5. The van der Waals surface area contributed by atoms with Crippen molar-refractivity contribution in [3.8, 4) is 0 Å². The number of hydrogen-bond acceptors (Lipinski definition) is 6. The van der Waals surface area contributed by atoms with Gasteiger partial charge in [0.2, 0.25) is 0 Å². The van der Waals surface area contributed by atoms with Gasteiger partial charge >= 0.3 is 6.09 Å². The van der Waals surface area contributed by atoms with E-state index in [1.165, 1.54) is 0 Å². The molecule has 0 aliphatic rings. The van der Waals surface area contributed by atoms with Gasteiger partial charge in [-0.1, -0.05) is 0 Å². The second kappa shape index (κ2) is 13.8. The van der Waals surface area contributed by atoms with E-state index in [0.29, 0.717) is 52.7 Å². The van der Waals surface area contributed by atoms with Gasteiger partial charge in [0.1, 0.15) is 5.60 Å². The van der Waals surface area contributed by atoms with Crippen molar-refractivity contribution in [1.82, 2.24) is 5.32 Å². The molecule has 0 aliphatic heterocycles. The zero-order chi connectivity index (χ0) is 16.7. The Morgan fingerprint density at radius 3 is 1.95 bits per heavy atom. The molecule has 0 radical (unpaired) electrons. The summed E-state index contributed by atoms with van der Waals surface area (Å²) in [6.45, 7) is 10.2. The largest absolute Gasteiger partial charge is 0.444 e. The Bertz CT molecular complexity index is 279. The second-order valence-corrected chi connectivity index (χ2v) is 5.76. The van der Waals surface area contributed by atoms with Crippen LogP contribution in [-0.4, -0.2) is 64.4 Å². The van der Waals surface area contributed by atoms with E-state index >= 15 is 0 Å². The van der Waals surface area contributed by atoms with Crippen LogP contribution < -0.4 is 11.1 Å². The second-order valence-electron chi connectivity index (χ2n) is 5.76. The predicted molar refractivity (Wildman–Crippen MR) is 89.2 cm³/mol. The van der Waals surface area contributed by atoms with Crippen LogP contribution in [0.25, 0.3) is 0 Å². The molecule has 22 heavy (non-hydrogen) atoms. The van der Waals surface area contributed by atoms with Gasteiger partial charge in [-0.05, 0) is 40.2 Å². The van der Waals surface area contributed by atoms with E-state index in [0.717, 1.165) is 12.8 Å². The third kappa shape index (κ3) is 17.2. The zero-order valence-corrected chi connectivity index (χ0v) is 14.2. The molecule has 0 saturated carbocycles. The van der Waals surface area contributed by atoms with Crippen LogP contribution >= 0.6 is 0 Å². The Hall–Kier alpha value is -0.890.